The summed E-state index contributed by atoms with van der Waals surface area (Å²) in [4.78, 5) is 14.2. The molecule has 0 fully saturated rings. The first-order chi connectivity index (χ1) is 11.7. The van der Waals surface area contributed by atoms with Crippen LogP contribution in [0.2, 0.25) is 0 Å². The molecule has 2 rings (SSSR count). The number of methoxy groups -OCH3 is 1. The summed E-state index contributed by atoms with van der Waals surface area (Å²) in [5.41, 5.74) is 2.08. The molecule has 0 heterocycles. The van der Waals surface area contributed by atoms with Crippen molar-refractivity contribution in [3.05, 3.63) is 54.1 Å². The SMILES string of the molecule is CCCc1ccc(OCC(=O)N(CC)c2ccccc2)c(OC)c1. The molecule has 1 amide bonds. The summed E-state index contributed by atoms with van der Waals surface area (Å²) in [5, 5.41) is 0. The molecule has 0 bridgehead atoms. The number of rotatable bonds is 8. The standard InChI is InChI=1S/C20H25NO3/c1-4-9-16-12-13-18(19(14-16)23-3)24-15-20(22)21(5-2)17-10-7-6-8-11-17/h6-8,10-14H,4-5,9,15H2,1-3H3. The Morgan fingerprint density at radius 1 is 1.04 bits per heavy atom. The highest BCUT2D eigenvalue weighted by Crippen LogP contribution is 2.28. The monoisotopic (exact) mass is 327 g/mol. The van der Waals surface area contributed by atoms with Crippen LogP contribution >= 0.6 is 0 Å². The van der Waals surface area contributed by atoms with Gasteiger partial charge in [-0.25, -0.2) is 0 Å². The van der Waals surface area contributed by atoms with Crippen molar-refractivity contribution in [2.45, 2.75) is 26.7 Å². The van der Waals surface area contributed by atoms with Gasteiger partial charge < -0.3 is 14.4 Å². The minimum atomic E-state index is -0.0802. The highest BCUT2D eigenvalue weighted by atomic mass is 16.5. The predicted molar refractivity (Wildman–Crippen MR) is 97.0 cm³/mol. The highest BCUT2D eigenvalue weighted by molar-refractivity contribution is 5.94. The van der Waals surface area contributed by atoms with Crippen LogP contribution in [0.25, 0.3) is 0 Å². The van der Waals surface area contributed by atoms with Gasteiger partial charge in [-0.3, -0.25) is 4.79 Å². The molecule has 0 spiro atoms. The number of benzene rings is 2. The van der Waals surface area contributed by atoms with Crippen LogP contribution in [0.5, 0.6) is 11.5 Å². The van der Waals surface area contributed by atoms with Crippen molar-refractivity contribution in [1.29, 1.82) is 0 Å². The van der Waals surface area contributed by atoms with E-state index in [9.17, 15) is 4.79 Å². The van der Waals surface area contributed by atoms with E-state index >= 15 is 0 Å². The van der Waals surface area contributed by atoms with Gasteiger partial charge in [0.2, 0.25) is 0 Å². The van der Waals surface area contributed by atoms with Gasteiger partial charge in [-0.05, 0) is 43.2 Å². The van der Waals surface area contributed by atoms with Crippen molar-refractivity contribution in [1.82, 2.24) is 0 Å². The molecule has 0 saturated carbocycles. The Morgan fingerprint density at radius 2 is 1.79 bits per heavy atom. The van der Waals surface area contributed by atoms with Gasteiger partial charge in [-0.1, -0.05) is 37.6 Å². The van der Waals surface area contributed by atoms with Crippen LogP contribution in [-0.2, 0) is 11.2 Å². The zero-order valence-corrected chi connectivity index (χ0v) is 14.6. The van der Waals surface area contributed by atoms with E-state index in [0.717, 1.165) is 18.5 Å². The number of amides is 1. The molecule has 128 valence electrons. The maximum Gasteiger partial charge on any atom is 0.264 e. The quantitative estimate of drug-likeness (QED) is 0.733. The van der Waals surface area contributed by atoms with E-state index in [-0.39, 0.29) is 12.5 Å². The van der Waals surface area contributed by atoms with Crippen LogP contribution in [0.15, 0.2) is 48.5 Å². The second-order valence-corrected chi connectivity index (χ2v) is 5.50. The minimum absolute atomic E-state index is 0.0216. The maximum atomic E-state index is 12.5. The van der Waals surface area contributed by atoms with Crippen LogP contribution < -0.4 is 14.4 Å². The number of carbonyl (C=O) groups is 1. The van der Waals surface area contributed by atoms with Crippen LogP contribution in [0.4, 0.5) is 5.69 Å². The third-order valence-electron chi connectivity index (χ3n) is 3.80. The Hall–Kier alpha value is -2.49. The van der Waals surface area contributed by atoms with Gasteiger partial charge in [-0.2, -0.15) is 0 Å². The van der Waals surface area contributed by atoms with E-state index < -0.39 is 0 Å². The summed E-state index contributed by atoms with van der Waals surface area (Å²) >= 11 is 0. The average molecular weight is 327 g/mol. The first kappa shape index (κ1) is 17.9. The number of ether oxygens (including phenoxy) is 2. The second-order valence-electron chi connectivity index (χ2n) is 5.50. The van der Waals surface area contributed by atoms with Gasteiger partial charge in [0.15, 0.2) is 18.1 Å². The Bertz CT molecular complexity index is 655. The Kier molecular flexibility index (Phi) is 6.67. The third-order valence-corrected chi connectivity index (χ3v) is 3.80. The molecule has 0 aromatic heterocycles. The number of nitrogens with zero attached hydrogens (tertiary/aromatic N) is 1. The lowest BCUT2D eigenvalue weighted by atomic mass is 10.1. The second kappa shape index (κ2) is 8.96. The molecule has 0 unspecified atom stereocenters. The molecule has 24 heavy (non-hydrogen) atoms. The summed E-state index contributed by atoms with van der Waals surface area (Å²) in [5.74, 6) is 1.18. The first-order valence-electron chi connectivity index (χ1n) is 8.34. The van der Waals surface area contributed by atoms with Crippen molar-refractivity contribution in [2.24, 2.45) is 0 Å². The normalized spacial score (nSPS) is 10.3. The lowest BCUT2D eigenvalue weighted by Crippen LogP contribution is -2.34. The summed E-state index contributed by atoms with van der Waals surface area (Å²) < 4.78 is 11.1. The van der Waals surface area contributed by atoms with E-state index in [0.29, 0.717) is 18.0 Å². The fourth-order valence-electron chi connectivity index (χ4n) is 2.60. The van der Waals surface area contributed by atoms with Crippen molar-refractivity contribution in [2.75, 3.05) is 25.2 Å². The number of likely N-dealkylation sites (N-methyl/N-ethyl adjacent to an activating group) is 1. The number of anilines is 1. The molecular weight excluding hydrogens is 302 g/mol. The van der Waals surface area contributed by atoms with Crippen LogP contribution in [-0.4, -0.2) is 26.2 Å². The van der Waals surface area contributed by atoms with Gasteiger partial charge in [0.25, 0.3) is 5.91 Å². The summed E-state index contributed by atoms with van der Waals surface area (Å²) in [6.45, 7) is 4.66. The molecule has 0 N–H and O–H groups in total. The topological polar surface area (TPSA) is 38.8 Å². The smallest absolute Gasteiger partial charge is 0.264 e. The molecule has 2 aromatic carbocycles. The summed E-state index contributed by atoms with van der Waals surface area (Å²) in [6, 6.07) is 15.5. The van der Waals surface area contributed by atoms with Crippen molar-refractivity contribution in [3.63, 3.8) is 0 Å². The lowest BCUT2D eigenvalue weighted by molar-refractivity contribution is -0.120. The third kappa shape index (κ3) is 4.51. The molecule has 4 heteroatoms. The fraction of sp³-hybridized carbons (Fsp3) is 0.350. The molecule has 0 aliphatic heterocycles. The maximum absolute atomic E-state index is 12.5. The van der Waals surface area contributed by atoms with Crippen LogP contribution in [0.1, 0.15) is 25.8 Å². The zero-order valence-electron chi connectivity index (χ0n) is 14.6. The largest absolute Gasteiger partial charge is 0.493 e. The lowest BCUT2D eigenvalue weighted by Gasteiger charge is -2.21. The first-order valence-corrected chi connectivity index (χ1v) is 8.34. The van der Waals surface area contributed by atoms with Crippen molar-refractivity contribution >= 4 is 11.6 Å². The minimum Gasteiger partial charge on any atom is -0.493 e. The van der Waals surface area contributed by atoms with Gasteiger partial charge in [0.1, 0.15) is 0 Å². The van der Waals surface area contributed by atoms with Crippen molar-refractivity contribution in [3.8, 4) is 11.5 Å². The Morgan fingerprint density at radius 3 is 2.42 bits per heavy atom. The Labute approximate surface area is 144 Å². The van der Waals surface area contributed by atoms with Gasteiger partial charge in [0, 0.05) is 12.2 Å². The van der Waals surface area contributed by atoms with E-state index in [1.165, 1.54) is 5.56 Å². The zero-order chi connectivity index (χ0) is 17.4. The number of aryl methyl sites for hydroxylation is 1. The van der Waals surface area contributed by atoms with Gasteiger partial charge in [0.05, 0.1) is 7.11 Å². The number of hydrogen-bond acceptors (Lipinski definition) is 3. The highest BCUT2D eigenvalue weighted by Gasteiger charge is 2.15. The molecule has 2 aromatic rings. The molecule has 0 saturated heterocycles. The van der Waals surface area contributed by atoms with Crippen LogP contribution in [0.3, 0.4) is 0 Å². The molecule has 0 atom stereocenters. The van der Waals surface area contributed by atoms with Crippen molar-refractivity contribution < 1.29 is 14.3 Å². The average Bonchev–Trinajstić information content (AvgIpc) is 2.62. The molecule has 0 aliphatic carbocycles. The number of para-hydroxylation sites is 1. The van der Waals surface area contributed by atoms with E-state index in [1.54, 1.807) is 12.0 Å². The Balaban J connectivity index is 2.05. The number of hydrogen-bond donors (Lipinski definition) is 0. The fourth-order valence-corrected chi connectivity index (χ4v) is 2.60. The van der Waals surface area contributed by atoms with Gasteiger partial charge in [-0.15, -0.1) is 0 Å². The van der Waals surface area contributed by atoms with E-state index in [1.807, 2.05) is 55.5 Å². The van der Waals surface area contributed by atoms with E-state index in [4.69, 9.17) is 9.47 Å². The molecule has 0 aliphatic rings. The predicted octanol–water partition coefficient (Wildman–Crippen LogP) is 4.08. The summed E-state index contributed by atoms with van der Waals surface area (Å²) in [7, 11) is 1.61. The molecule has 4 nitrogen and oxygen atoms in total. The van der Waals surface area contributed by atoms with E-state index in [2.05, 4.69) is 6.92 Å². The molecular formula is C20H25NO3. The molecule has 0 radical (unpaired) electrons. The van der Waals surface area contributed by atoms with Crippen LogP contribution in [0, 0.1) is 0 Å². The number of carbonyl (C=O) groups excluding carboxylic acids is 1. The van der Waals surface area contributed by atoms with Gasteiger partial charge >= 0.3 is 0 Å². The summed E-state index contributed by atoms with van der Waals surface area (Å²) in [6.07, 6.45) is 2.07.